The van der Waals surface area contributed by atoms with Crippen LogP contribution in [0.25, 0.3) is 5.65 Å². The molecular weight excluding hydrogens is 202 g/mol. The molecule has 0 bridgehead atoms. The van der Waals surface area contributed by atoms with Gasteiger partial charge >= 0.3 is 0 Å². The molecule has 0 saturated carbocycles. The molecule has 0 fully saturated rings. The zero-order valence-electron chi connectivity index (χ0n) is 9.48. The van der Waals surface area contributed by atoms with E-state index in [0.29, 0.717) is 0 Å². The minimum Gasteiger partial charge on any atom is -0.370 e. The Bertz CT molecular complexity index is 462. The zero-order chi connectivity index (χ0) is 11.4. The molecular formula is C11H17N5. The van der Waals surface area contributed by atoms with E-state index in [0.717, 1.165) is 37.4 Å². The molecule has 0 radical (unpaired) electrons. The van der Waals surface area contributed by atoms with Crippen LogP contribution in [-0.4, -0.2) is 27.7 Å². The Labute approximate surface area is 94.7 Å². The summed E-state index contributed by atoms with van der Waals surface area (Å²) in [6, 6.07) is 4.09. The molecule has 0 aromatic carbocycles. The standard InChI is InChI=1S/C11H17N5/c1-9-6-10(13-5-3-2-4-12)16-11(7-9)14-8-15-16/h6-8,13H,2-5,12H2,1H3. The number of nitrogens with one attached hydrogen (secondary N) is 1. The van der Waals surface area contributed by atoms with Gasteiger partial charge in [-0.15, -0.1) is 0 Å². The van der Waals surface area contributed by atoms with Crippen molar-refractivity contribution in [3.05, 3.63) is 24.0 Å². The van der Waals surface area contributed by atoms with Crippen LogP contribution in [0.4, 0.5) is 5.82 Å². The second-order valence-corrected chi connectivity index (χ2v) is 3.87. The van der Waals surface area contributed by atoms with E-state index < -0.39 is 0 Å². The predicted molar refractivity (Wildman–Crippen MR) is 64.5 cm³/mol. The number of fused-ring (bicyclic) bond motifs is 1. The lowest BCUT2D eigenvalue weighted by atomic mass is 10.2. The zero-order valence-corrected chi connectivity index (χ0v) is 9.48. The van der Waals surface area contributed by atoms with Crippen LogP contribution in [0.1, 0.15) is 18.4 Å². The number of aromatic nitrogens is 3. The van der Waals surface area contributed by atoms with Gasteiger partial charge in [0.2, 0.25) is 0 Å². The van der Waals surface area contributed by atoms with E-state index >= 15 is 0 Å². The molecule has 5 nitrogen and oxygen atoms in total. The van der Waals surface area contributed by atoms with Crippen molar-refractivity contribution in [3.63, 3.8) is 0 Å². The highest BCUT2D eigenvalue weighted by Gasteiger charge is 2.02. The molecule has 0 unspecified atom stereocenters. The van der Waals surface area contributed by atoms with E-state index in [1.165, 1.54) is 5.56 Å². The number of rotatable bonds is 5. The number of hydrogen-bond donors (Lipinski definition) is 2. The van der Waals surface area contributed by atoms with Gasteiger partial charge in [0.15, 0.2) is 5.65 Å². The molecule has 0 amide bonds. The van der Waals surface area contributed by atoms with Gasteiger partial charge in [-0.05, 0) is 44.0 Å². The SMILES string of the molecule is Cc1cc(NCCCCN)n2ncnc2c1. The summed E-state index contributed by atoms with van der Waals surface area (Å²) in [5, 5.41) is 7.53. The van der Waals surface area contributed by atoms with Gasteiger partial charge in [0.1, 0.15) is 12.1 Å². The summed E-state index contributed by atoms with van der Waals surface area (Å²) >= 11 is 0. The third-order valence-electron chi connectivity index (χ3n) is 2.46. The van der Waals surface area contributed by atoms with Crippen LogP contribution < -0.4 is 11.1 Å². The largest absolute Gasteiger partial charge is 0.370 e. The number of unbranched alkanes of at least 4 members (excludes halogenated alkanes) is 1. The van der Waals surface area contributed by atoms with E-state index in [1.807, 2.05) is 10.6 Å². The van der Waals surface area contributed by atoms with Gasteiger partial charge in [-0.2, -0.15) is 9.61 Å². The molecule has 0 aliphatic heterocycles. The molecule has 0 aliphatic rings. The van der Waals surface area contributed by atoms with Crippen LogP contribution in [0.5, 0.6) is 0 Å². The Balaban J connectivity index is 2.12. The number of hydrogen-bond acceptors (Lipinski definition) is 4. The summed E-state index contributed by atoms with van der Waals surface area (Å²) in [6.07, 6.45) is 3.68. The second-order valence-electron chi connectivity index (χ2n) is 3.87. The molecule has 2 aromatic heterocycles. The van der Waals surface area contributed by atoms with E-state index in [9.17, 15) is 0 Å². The molecule has 3 N–H and O–H groups in total. The highest BCUT2D eigenvalue weighted by Crippen LogP contribution is 2.12. The summed E-state index contributed by atoms with van der Waals surface area (Å²) in [7, 11) is 0. The Hall–Kier alpha value is -1.62. The lowest BCUT2D eigenvalue weighted by Gasteiger charge is -2.08. The fraction of sp³-hybridized carbons (Fsp3) is 0.455. The van der Waals surface area contributed by atoms with Crippen molar-refractivity contribution in [2.45, 2.75) is 19.8 Å². The summed E-state index contributed by atoms with van der Waals surface area (Å²) < 4.78 is 1.81. The fourth-order valence-corrected chi connectivity index (χ4v) is 1.67. The Morgan fingerprint density at radius 3 is 3.06 bits per heavy atom. The average Bonchev–Trinajstić information content (AvgIpc) is 2.72. The van der Waals surface area contributed by atoms with Crippen LogP contribution in [0.15, 0.2) is 18.5 Å². The summed E-state index contributed by atoms with van der Waals surface area (Å²) in [4.78, 5) is 4.18. The van der Waals surface area contributed by atoms with Crippen molar-refractivity contribution in [2.24, 2.45) is 5.73 Å². The summed E-state index contributed by atoms with van der Waals surface area (Å²) in [5.74, 6) is 0.990. The first-order chi connectivity index (χ1) is 7.81. The van der Waals surface area contributed by atoms with Crippen molar-refractivity contribution in [1.82, 2.24) is 14.6 Å². The molecule has 2 heterocycles. The molecule has 5 heteroatoms. The van der Waals surface area contributed by atoms with E-state index in [2.05, 4.69) is 28.4 Å². The third kappa shape index (κ3) is 2.30. The van der Waals surface area contributed by atoms with Crippen LogP contribution >= 0.6 is 0 Å². The Morgan fingerprint density at radius 1 is 1.38 bits per heavy atom. The Morgan fingerprint density at radius 2 is 2.25 bits per heavy atom. The number of anilines is 1. The van der Waals surface area contributed by atoms with Crippen molar-refractivity contribution in [3.8, 4) is 0 Å². The van der Waals surface area contributed by atoms with E-state index in [-0.39, 0.29) is 0 Å². The average molecular weight is 219 g/mol. The first-order valence-electron chi connectivity index (χ1n) is 5.55. The maximum atomic E-state index is 5.45. The maximum Gasteiger partial charge on any atom is 0.157 e. The highest BCUT2D eigenvalue weighted by atomic mass is 15.3. The third-order valence-corrected chi connectivity index (χ3v) is 2.46. The minimum absolute atomic E-state index is 0.744. The van der Waals surface area contributed by atoms with Gasteiger partial charge in [-0.1, -0.05) is 0 Å². The van der Waals surface area contributed by atoms with Crippen molar-refractivity contribution >= 4 is 11.5 Å². The number of aryl methyl sites for hydroxylation is 1. The monoisotopic (exact) mass is 219 g/mol. The quantitative estimate of drug-likeness (QED) is 0.741. The lowest BCUT2D eigenvalue weighted by Crippen LogP contribution is -2.09. The van der Waals surface area contributed by atoms with Gasteiger partial charge < -0.3 is 11.1 Å². The summed E-state index contributed by atoms with van der Waals surface area (Å²) in [6.45, 7) is 3.71. The van der Waals surface area contributed by atoms with Gasteiger partial charge in [0.05, 0.1) is 0 Å². The Kier molecular flexibility index (Phi) is 3.36. The molecule has 16 heavy (non-hydrogen) atoms. The van der Waals surface area contributed by atoms with E-state index in [1.54, 1.807) is 6.33 Å². The van der Waals surface area contributed by atoms with Gasteiger partial charge in [-0.25, -0.2) is 4.98 Å². The van der Waals surface area contributed by atoms with Gasteiger partial charge in [-0.3, -0.25) is 0 Å². The normalized spacial score (nSPS) is 10.9. The van der Waals surface area contributed by atoms with Gasteiger partial charge in [0.25, 0.3) is 0 Å². The summed E-state index contributed by atoms with van der Waals surface area (Å²) in [5.41, 5.74) is 7.51. The minimum atomic E-state index is 0.744. The molecule has 0 atom stereocenters. The van der Waals surface area contributed by atoms with Crippen molar-refractivity contribution < 1.29 is 0 Å². The topological polar surface area (TPSA) is 68.2 Å². The number of nitrogens with zero attached hydrogens (tertiary/aromatic N) is 3. The van der Waals surface area contributed by atoms with Crippen LogP contribution in [-0.2, 0) is 0 Å². The first kappa shape index (κ1) is 10.9. The highest BCUT2D eigenvalue weighted by molar-refractivity contribution is 5.51. The van der Waals surface area contributed by atoms with Crippen molar-refractivity contribution in [2.75, 3.05) is 18.4 Å². The molecule has 0 saturated heterocycles. The second kappa shape index (κ2) is 4.94. The van der Waals surface area contributed by atoms with Crippen LogP contribution in [0, 0.1) is 6.92 Å². The smallest absolute Gasteiger partial charge is 0.157 e. The van der Waals surface area contributed by atoms with Gasteiger partial charge in [0, 0.05) is 6.54 Å². The van der Waals surface area contributed by atoms with Crippen molar-refractivity contribution in [1.29, 1.82) is 0 Å². The molecule has 2 aromatic rings. The number of pyridine rings is 1. The first-order valence-corrected chi connectivity index (χ1v) is 5.55. The molecule has 86 valence electrons. The van der Waals surface area contributed by atoms with Crippen LogP contribution in [0.2, 0.25) is 0 Å². The molecule has 2 rings (SSSR count). The molecule has 0 aliphatic carbocycles. The maximum absolute atomic E-state index is 5.45. The van der Waals surface area contributed by atoms with E-state index in [4.69, 9.17) is 5.73 Å². The predicted octanol–water partition coefficient (Wildman–Crippen LogP) is 1.19. The van der Waals surface area contributed by atoms with Crippen LogP contribution in [0.3, 0.4) is 0 Å². The molecule has 0 spiro atoms. The fourth-order valence-electron chi connectivity index (χ4n) is 1.67. The number of nitrogens with two attached hydrogens (primary N) is 1. The lowest BCUT2D eigenvalue weighted by molar-refractivity contribution is 0.768.